The van der Waals surface area contributed by atoms with Crippen LogP contribution in [0.5, 0.6) is 0 Å². The molecule has 0 spiro atoms. The first-order chi connectivity index (χ1) is 13.4. The van der Waals surface area contributed by atoms with Gasteiger partial charge >= 0.3 is 5.97 Å². The first-order valence-corrected chi connectivity index (χ1v) is 11.2. The summed E-state index contributed by atoms with van der Waals surface area (Å²) in [7, 11) is 0. The highest BCUT2D eigenvalue weighted by Crippen LogP contribution is 2.30. The summed E-state index contributed by atoms with van der Waals surface area (Å²) in [6.45, 7) is 4.77. The molecule has 1 fully saturated rings. The molecular weight excluding hydrogens is 394 g/mol. The smallest absolute Gasteiger partial charge is 0.355 e. The van der Waals surface area contributed by atoms with Crippen molar-refractivity contribution in [2.24, 2.45) is 5.73 Å². The van der Waals surface area contributed by atoms with Crippen molar-refractivity contribution in [3.05, 3.63) is 46.5 Å². The van der Waals surface area contributed by atoms with Crippen LogP contribution in [0.4, 0.5) is 0 Å². The largest absolute Gasteiger partial charge is 0.476 e. The summed E-state index contributed by atoms with van der Waals surface area (Å²) < 4.78 is 0.706. The van der Waals surface area contributed by atoms with E-state index >= 15 is 0 Å². The normalized spacial score (nSPS) is 19.0. The standard InChI is InChI=1S/C20H25N3O3S2/c1-12-3-5-14(6-4-12)13(2)18(21)16-7-8-17(24)23(16)9-10-27-20-22-15(11-28-20)19(25)26/h3-6,11,13,16,18H,7-10,21H2,1-2H3,(H,25,26)/t13?,16-,18-/m1/s1. The van der Waals surface area contributed by atoms with Gasteiger partial charge in [0.05, 0.1) is 0 Å². The fourth-order valence-electron chi connectivity index (χ4n) is 3.53. The molecule has 6 nitrogen and oxygen atoms in total. The Morgan fingerprint density at radius 1 is 1.43 bits per heavy atom. The molecule has 0 bridgehead atoms. The zero-order valence-electron chi connectivity index (χ0n) is 16.0. The van der Waals surface area contributed by atoms with E-state index in [0.717, 1.165) is 6.42 Å². The molecule has 3 rings (SSSR count). The van der Waals surface area contributed by atoms with Crippen molar-refractivity contribution >= 4 is 35.0 Å². The summed E-state index contributed by atoms with van der Waals surface area (Å²) in [6, 6.07) is 8.30. The summed E-state index contributed by atoms with van der Waals surface area (Å²) in [6.07, 6.45) is 1.31. The lowest BCUT2D eigenvalue weighted by Crippen LogP contribution is -2.48. The lowest BCUT2D eigenvalue weighted by molar-refractivity contribution is -0.129. The molecule has 1 unspecified atom stereocenters. The fourth-order valence-corrected chi connectivity index (χ4v) is 5.33. The lowest BCUT2D eigenvalue weighted by Gasteiger charge is -2.33. The van der Waals surface area contributed by atoms with E-state index < -0.39 is 5.97 Å². The van der Waals surface area contributed by atoms with Crippen LogP contribution in [0.15, 0.2) is 34.0 Å². The van der Waals surface area contributed by atoms with E-state index in [1.54, 1.807) is 0 Å². The van der Waals surface area contributed by atoms with Crippen LogP contribution < -0.4 is 5.73 Å². The maximum atomic E-state index is 12.4. The zero-order valence-corrected chi connectivity index (χ0v) is 17.6. The third-order valence-electron chi connectivity index (χ3n) is 5.26. The Kier molecular flexibility index (Phi) is 6.74. The minimum absolute atomic E-state index is 0.0234. The van der Waals surface area contributed by atoms with Gasteiger partial charge < -0.3 is 15.7 Å². The van der Waals surface area contributed by atoms with Crippen LogP contribution in [-0.4, -0.2) is 51.2 Å². The monoisotopic (exact) mass is 419 g/mol. The van der Waals surface area contributed by atoms with Crippen LogP contribution in [0.3, 0.4) is 0 Å². The van der Waals surface area contributed by atoms with E-state index in [4.69, 9.17) is 10.8 Å². The number of aromatic carboxylic acids is 1. The quantitative estimate of drug-likeness (QED) is 0.637. The van der Waals surface area contributed by atoms with Crippen LogP contribution in [-0.2, 0) is 4.79 Å². The van der Waals surface area contributed by atoms with Gasteiger partial charge in [-0.3, -0.25) is 4.79 Å². The molecule has 3 N–H and O–H groups in total. The van der Waals surface area contributed by atoms with Gasteiger partial charge in [-0.1, -0.05) is 48.5 Å². The third kappa shape index (κ3) is 4.74. The van der Waals surface area contributed by atoms with Crippen molar-refractivity contribution in [1.82, 2.24) is 9.88 Å². The number of nitrogens with two attached hydrogens (primary N) is 1. The first-order valence-electron chi connectivity index (χ1n) is 9.30. The minimum Gasteiger partial charge on any atom is -0.476 e. The molecule has 1 saturated heterocycles. The Labute approximate surface area is 173 Å². The van der Waals surface area contributed by atoms with Crippen molar-refractivity contribution < 1.29 is 14.7 Å². The number of aromatic nitrogens is 1. The Morgan fingerprint density at radius 2 is 2.14 bits per heavy atom. The number of carbonyl (C=O) groups excluding carboxylic acids is 1. The highest BCUT2D eigenvalue weighted by atomic mass is 32.2. The minimum atomic E-state index is -1.02. The number of hydrogen-bond donors (Lipinski definition) is 2. The number of benzene rings is 1. The Hall–Kier alpha value is -1.90. The number of likely N-dealkylation sites (tertiary alicyclic amines) is 1. The van der Waals surface area contributed by atoms with Gasteiger partial charge in [0.1, 0.15) is 0 Å². The van der Waals surface area contributed by atoms with E-state index in [1.807, 2.05) is 4.90 Å². The van der Waals surface area contributed by atoms with Gasteiger partial charge in [-0.05, 0) is 24.8 Å². The predicted octanol–water partition coefficient (Wildman–Crippen LogP) is 3.36. The molecule has 0 saturated carbocycles. The number of thioether (sulfide) groups is 1. The molecule has 3 atom stereocenters. The highest BCUT2D eigenvalue weighted by Gasteiger charge is 2.37. The van der Waals surface area contributed by atoms with Gasteiger partial charge in [0.25, 0.3) is 0 Å². The summed E-state index contributed by atoms with van der Waals surface area (Å²) in [4.78, 5) is 29.3. The van der Waals surface area contributed by atoms with Crippen LogP contribution in [0.2, 0.25) is 0 Å². The maximum Gasteiger partial charge on any atom is 0.355 e. The second-order valence-corrected chi connectivity index (χ2v) is 9.32. The molecule has 8 heteroatoms. The molecule has 0 radical (unpaired) electrons. The van der Waals surface area contributed by atoms with Crippen LogP contribution in [0.1, 0.15) is 47.3 Å². The average Bonchev–Trinajstić information content (AvgIpc) is 3.29. The number of amides is 1. The number of hydrogen-bond acceptors (Lipinski definition) is 6. The van der Waals surface area contributed by atoms with E-state index in [9.17, 15) is 9.59 Å². The van der Waals surface area contributed by atoms with Crippen molar-refractivity contribution in [2.75, 3.05) is 12.3 Å². The van der Waals surface area contributed by atoms with Crippen LogP contribution in [0, 0.1) is 6.92 Å². The van der Waals surface area contributed by atoms with E-state index in [0.29, 0.717) is 23.1 Å². The maximum absolute atomic E-state index is 12.4. The molecule has 1 aliphatic rings. The van der Waals surface area contributed by atoms with Gasteiger partial charge in [-0.2, -0.15) is 0 Å². The van der Waals surface area contributed by atoms with Gasteiger partial charge in [0.2, 0.25) is 5.91 Å². The number of nitrogens with zero attached hydrogens (tertiary/aromatic N) is 2. The molecule has 1 amide bonds. The summed E-state index contributed by atoms with van der Waals surface area (Å²) in [5.74, 6) is -0.0549. The molecule has 2 aromatic rings. The molecule has 1 aliphatic heterocycles. The molecule has 1 aromatic heterocycles. The van der Waals surface area contributed by atoms with Crippen LogP contribution >= 0.6 is 23.1 Å². The summed E-state index contributed by atoms with van der Waals surface area (Å²) in [5.41, 5.74) is 9.06. The van der Waals surface area contributed by atoms with E-state index in [-0.39, 0.29) is 29.6 Å². The summed E-state index contributed by atoms with van der Waals surface area (Å²) in [5, 5.41) is 10.5. The molecule has 150 valence electrons. The molecular formula is C20H25N3O3S2. The number of thiazole rings is 1. The van der Waals surface area contributed by atoms with Gasteiger partial charge in [-0.15, -0.1) is 11.3 Å². The van der Waals surface area contributed by atoms with E-state index in [2.05, 4.69) is 43.1 Å². The number of rotatable bonds is 8. The van der Waals surface area contributed by atoms with Crippen LogP contribution in [0.25, 0.3) is 0 Å². The topological polar surface area (TPSA) is 96.5 Å². The number of carboxylic acid groups (broad SMARTS) is 1. The zero-order chi connectivity index (χ0) is 20.3. The van der Waals surface area contributed by atoms with Gasteiger partial charge in [0, 0.05) is 36.2 Å². The number of carbonyl (C=O) groups is 2. The number of carboxylic acids is 1. The van der Waals surface area contributed by atoms with Gasteiger partial charge in [-0.25, -0.2) is 9.78 Å². The number of aryl methyl sites for hydroxylation is 1. The second kappa shape index (κ2) is 9.07. The predicted molar refractivity (Wildman–Crippen MR) is 112 cm³/mol. The lowest BCUT2D eigenvalue weighted by atomic mass is 9.88. The Morgan fingerprint density at radius 3 is 2.79 bits per heavy atom. The van der Waals surface area contributed by atoms with Crippen molar-refractivity contribution in [1.29, 1.82) is 0 Å². The molecule has 1 aromatic carbocycles. The van der Waals surface area contributed by atoms with Gasteiger partial charge in [0.15, 0.2) is 10.0 Å². The average molecular weight is 420 g/mol. The SMILES string of the molecule is Cc1ccc(C(C)[C@@H](N)[C@H]2CCC(=O)N2CCSc2nc(C(=O)O)cs2)cc1. The third-order valence-corrected chi connectivity index (χ3v) is 7.26. The fraction of sp³-hybridized carbons (Fsp3) is 0.450. The second-order valence-electron chi connectivity index (χ2n) is 7.12. The summed E-state index contributed by atoms with van der Waals surface area (Å²) >= 11 is 2.79. The highest BCUT2D eigenvalue weighted by molar-refractivity contribution is 8.01. The Balaban J connectivity index is 1.60. The van der Waals surface area contributed by atoms with E-state index in [1.165, 1.54) is 39.6 Å². The first kappa shape index (κ1) is 20.8. The molecule has 28 heavy (non-hydrogen) atoms. The van der Waals surface area contributed by atoms with Crippen molar-refractivity contribution in [3.8, 4) is 0 Å². The molecule has 0 aliphatic carbocycles. The molecule has 2 heterocycles. The van der Waals surface area contributed by atoms with Crippen molar-refractivity contribution in [3.63, 3.8) is 0 Å². The van der Waals surface area contributed by atoms with Crippen molar-refractivity contribution in [2.45, 2.75) is 49.0 Å². The Bertz CT molecular complexity index is 837.